The van der Waals surface area contributed by atoms with Crippen molar-refractivity contribution in [3.05, 3.63) is 59.3 Å². The van der Waals surface area contributed by atoms with Crippen LogP contribution in [-0.4, -0.2) is 18.0 Å². The first-order valence-corrected chi connectivity index (χ1v) is 7.11. The second kappa shape index (κ2) is 5.85. The molecule has 0 atom stereocenters. The Bertz CT molecular complexity index is 935. The first kappa shape index (κ1) is 14.7. The van der Waals surface area contributed by atoms with Crippen molar-refractivity contribution in [1.29, 1.82) is 5.26 Å². The molecule has 0 saturated carbocycles. The fraction of sp³-hybridized carbons (Fsp3) is 0.111. The van der Waals surface area contributed by atoms with Gasteiger partial charge in [0.15, 0.2) is 0 Å². The molecule has 1 aromatic heterocycles. The third-order valence-corrected chi connectivity index (χ3v) is 3.79. The van der Waals surface area contributed by atoms with E-state index in [9.17, 15) is 4.79 Å². The molecule has 23 heavy (non-hydrogen) atoms. The molecule has 3 aromatic rings. The van der Waals surface area contributed by atoms with Crippen LogP contribution in [0.15, 0.2) is 42.5 Å². The third kappa shape index (κ3) is 2.62. The Kier molecular flexibility index (Phi) is 3.73. The topological polar surface area (TPSA) is 77.9 Å². The molecule has 3 rings (SSSR count). The molecule has 0 bridgehead atoms. The van der Waals surface area contributed by atoms with E-state index in [0.29, 0.717) is 16.9 Å². The Morgan fingerprint density at radius 3 is 2.78 bits per heavy atom. The Labute approximate surface area is 133 Å². The maximum Gasteiger partial charge on any atom is 0.272 e. The van der Waals surface area contributed by atoms with E-state index in [1.807, 2.05) is 25.1 Å². The molecule has 5 nitrogen and oxygen atoms in total. The number of nitriles is 1. The highest BCUT2D eigenvalue weighted by Crippen LogP contribution is 2.26. The number of carbonyl (C=O) groups is 1. The highest BCUT2D eigenvalue weighted by atomic mass is 16.5. The number of methoxy groups -OCH3 is 1. The molecular formula is C18H15N3O2. The number of fused-ring (bicyclic) bond motifs is 1. The zero-order chi connectivity index (χ0) is 16.4. The van der Waals surface area contributed by atoms with Gasteiger partial charge in [0.2, 0.25) is 0 Å². The van der Waals surface area contributed by atoms with Gasteiger partial charge in [-0.15, -0.1) is 0 Å². The highest BCUT2D eigenvalue weighted by molar-refractivity contribution is 6.08. The van der Waals surface area contributed by atoms with Crippen molar-refractivity contribution in [2.45, 2.75) is 6.92 Å². The Morgan fingerprint density at radius 1 is 1.26 bits per heavy atom. The van der Waals surface area contributed by atoms with Gasteiger partial charge < -0.3 is 15.0 Å². The molecule has 114 valence electrons. The van der Waals surface area contributed by atoms with E-state index in [1.165, 1.54) is 0 Å². The number of anilines is 1. The van der Waals surface area contributed by atoms with Crippen molar-refractivity contribution in [3.63, 3.8) is 0 Å². The number of aromatic amines is 1. The summed E-state index contributed by atoms with van der Waals surface area (Å²) < 4.78 is 5.22. The highest BCUT2D eigenvalue weighted by Gasteiger charge is 2.16. The van der Waals surface area contributed by atoms with Gasteiger partial charge in [0, 0.05) is 10.9 Å². The van der Waals surface area contributed by atoms with Crippen LogP contribution in [-0.2, 0) is 0 Å². The van der Waals surface area contributed by atoms with E-state index in [-0.39, 0.29) is 5.91 Å². The van der Waals surface area contributed by atoms with Crippen LogP contribution in [0.5, 0.6) is 5.75 Å². The summed E-state index contributed by atoms with van der Waals surface area (Å²) in [6, 6.07) is 14.6. The van der Waals surface area contributed by atoms with Crippen LogP contribution in [0.3, 0.4) is 0 Å². The van der Waals surface area contributed by atoms with Gasteiger partial charge >= 0.3 is 0 Å². The second-order valence-corrected chi connectivity index (χ2v) is 5.15. The summed E-state index contributed by atoms with van der Waals surface area (Å²) in [6.07, 6.45) is 0. The van der Waals surface area contributed by atoms with Crippen LogP contribution >= 0.6 is 0 Å². The van der Waals surface area contributed by atoms with E-state index in [0.717, 1.165) is 22.2 Å². The molecule has 0 aliphatic heterocycles. The molecule has 2 N–H and O–H groups in total. The average Bonchev–Trinajstić information content (AvgIpc) is 2.91. The largest absolute Gasteiger partial charge is 0.497 e. The summed E-state index contributed by atoms with van der Waals surface area (Å²) in [7, 11) is 1.61. The molecule has 0 radical (unpaired) electrons. The smallest absolute Gasteiger partial charge is 0.272 e. The molecule has 0 aliphatic carbocycles. The first-order valence-electron chi connectivity index (χ1n) is 7.11. The van der Waals surface area contributed by atoms with Crippen molar-refractivity contribution in [2.24, 2.45) is 0 Å². The SMILES string of the molecule is COc1ccc2[nH]c(C(=O)Nc3ccccc3C#N)c(C)c2c1. The van der Waals surface area contributed by atoms with Gasteiger partial charge in [0.25, 0.3) is 5.91 Å². The normalized spacial score (nSPS) is 10.3. The van der Waals surface area contributed by atoms with E-state index < -0.39 is 0 Å². The van der Waals surface area contributed by atoms with E-state index >= 15 is 0 Å². The summed E-state index contributed by atoms with van der Waals surface area (Å²) in [4.78, 5) is 15.7. The van der Waals surface area contributed by atoms with E-state index in [4.69, 9.17) is 10.00 Å². The predicted molar refractivity (Wildman–Crippen MR) is 88.7 cm³/mol. The quantitative estimate of drug-likeness (QED) is 0.776. The van der Waals surface area contributed by atoms with E-state index in [1.54, 1.807) is 31.4 Å². The van der Waals surface area contributed by atoms with Crippen molar-refractivity contribution in [1.82, 2.24) is 4.98 Å². The van der Waals surface area contributed by atoms with Gasteiger partial charge in [-0.05, 0) is 42.8 Å². The number of nitrogens with zero attached hydrogens (tertiary/aromatic N) is 1. The third-order valence-electron chi connectivity index (χ3n) is 3.79. The van der Waals surface area contributed by atoms with Gasteiger partial charge in [-0.25, -0.2) is 0 Å². The van der Waals surface area contributed by atoms with Crippen molar-refractivity contribution in [3.8, 4) is 11.8 Å². The van der Waals surface area contributed by atoms with Crippen LogP contribution in [0.4, 0.5) is 5.69 Å². The van der Waals surface area contributed by atoms with Gasteiger partial charge in [-0.2, -0.15) is 5.26 Å². The number of aromatic nitrogens is 1. The minimum Gasteiger partial charge on any atom is -0.497 e. The maximum atomic E-state index is 12.5. The number of para-hydroxylation sites is 1. The van der Waals surface area contributed by atoms with Crippen LogP contribution in [0, 0.1) is 18.3 Å². The molecule has 5 heteroatoms. The lowest BCUT2D eigenvalue weighted by Crippen LogP contribution is -2.14. The predicted octanol–water partition coefficient (Wildman–Crippen LogP) is 3.61. The lowest BCUT2D eigenvalue weighted by Gasteiger charge is -2.06. The van der Waals surface area contributed by atoms with E-state index in [2.05, 4.69) is 16.4 Å². The molecule has 0 aliphatic rings. The standard InChI is InChI=1S/C18H15N3O2/c1-11-14-9-13(23-2)7-8-16(14)20-17(11)18(22)21-15-6-4-3-5-12(15)10-19/h3-9,20H,1-2H3,(H,21,22). The maximum absolute atomic E-state index is 12.5. The number of amides is 1. The summed E-state index contributed by atoms with van der Waals surface area (Å²) in [5, 5.41) is 12.8. The molecule has 0 saturated heterocycles. The van der Waals surface area contributed by atoms with Crippen molar-refractivity contribution in [2.75, 3.05) is 12.4 Å². The Balaban J connectivity index is 1.98. The summed E-state index contributed by atoms with van der Waals surface area (Å²) >= 11 is 0. The minimum absolute atomic E-state index is 0.277. The number of rotatable bonds is 3. The van der Waals surface area contributed by atoms with Crippen LogP contribution in [0.2, 0.25) is 0 Å². The summed E-state index contributed by atoms with van der Waals surface area (Å²) in [5.74, 6) is 0.460. The Morgan fingerprint density at radius 2 is 2.04 bits per heavy atom. The van der Waals surface area contributed by atoms with Gasteiger partial charge in [0.05, 0.1) is 18.4 Å². The molecule has 1 amide bonds. The Hall–Kier alpha value is -3.26. The van der Waals surface area contributed by atoms with Gasteiger partial charge in [-0.3, -0.25) is 4.79 Å². The zero-order valence-corrected chi connectivity index (χ0v) is 12.8. The number of hydrogen-bond acceptors (Lipinski definition) is 3. The number of H-pyrrole nitrogens is 1. The number of aryl methyl sites for hydroxylation is 1. The molecule has 0 spiro atoms. The van der Waals surface area contributed by atoms with Crippen molar-refractivity contribution >= 4 is 22.5 Å². The number of carbonyl (C=O) groups excluding carboxylic acids is 1. The van der Waals surface area contributed by atoms with Crippen LogP contribution in [0.25, 0.3) is 10.9 Å². The fourth-order valence-electron chi connectivity index (χ4n) is 2.53. The summed E-state index contributed by atoms with van der Waals surface area (Å²) in [5.41, 5.74) is 3.10. The molecular weight excluding hydrogens is 290 g/mol. The van der Waals surface area contributed by atoms with Crippen molar-refractivity contribution < 1.29 is 9.53 Å². The van der Waals surface area contributed by atoms with Gasteiger partial charge in [0.1, 0.15) is 17.5 Å². The molecule has 0 unspecified atom stereocenters. The number of hydrogen-bond donors (Lipinski definition) is 2. The lowest BCUT2D eigenvalue weighted by molar-refractivity contribution is 0.102. The lowest BCUT2D eigenvalue weighted by atomic mass is 10.1. The molecule has 1 heterocycles. The van der Waals surface area contributed by atoms with Crippen LogP contribution < -0.4 is 10.1 Å². The first-order chi connectivity index (χ1) is 11.1. The average molecular weight is 305 g/mol. The zero-order valence-electron chi connectivity index (χ0n) is 12.8. The fourth-order valence-corrected chi connectivity index (χ4v) is 2.53. The second-order valence-electron chi connectivity index (χ2n) is 5.15. The minimum atomic E-state index is -0.277. The number of benzene rings is 2. The number of nitrogens with one attached hydrogen (secondary N) is 2. The number of ether oxygens (including phenoxy) is 1. The monoisotopic (exact) mass is 305 g/mol. The summed E-state index contributed by atoms with van der Waals surface area (Å²) in [6.45, 7) is 1.88. The van der Waals surface area contributed by atoms with Crippen LogP contribution in [0.1, 0.15) is 21.6 Å². The molecule has 0 fully saturated rings. The van der Waals surface area contributed by atoms with Gasteiger partial charge in [-0.1, -0.05) is 12.1 Å². The molecule has 2 aromatic carbocycles.